The monoisotopic (exact) mass is 538 g/mol. The third-order valence-corrected chi connectivity index (χ3v) is 7.71. The van der Waals surface area contributed by atoms with Crippen molar-refractivity contribution >= 4 is 37.0 Å². The molecule has 0 spiro atoms. The number of fused-ring (bicyclic) bond motifs is 1. The first kappa shape index (κ1) is 22.5. The number of aromatic nitrogens is 3. The van der Waals surface area contributed by atoms with E-state index in [4.69, 9.17) is 9.47 Å². The highest BCUT2D eigenvalue weighted by Crippen LogP contribution is 2.35. The standard InChI is InChI=1S/C24H19BrN4O4S/c25-18-11-21-22(15-29(23(21)27-14-18)34(30,31)20-4-2-1-3-5-20)17-10-16(12-26)24(28-13-17)33-19-6-8-32-9-7-19/h1-5,10-11,13-15,19H,6-9H2. The van der Waals surface area contributed by atoms with Crippen LogP contribution >= 0.6 is 15.9 Å². The Labute approximate surface area is 205 Å². The highest BCUT2D eigenvalue weighted by atomic mass is 79.9. The van der Waals surface area contributed by atoms with Gasteiger partial charge in [-0.3, -0.25) is 0 Å². The number of hydrogen-bond donors (Lipinski definition) is 0. The van der Waals surface area contributed by atoms with Crippen LogP contribution < -0.4 is 4.74 Å². The Hall–Kier alpha value is -3.26. The summed E-state index contributed by atoms with van der Waals surface area (Å²) in [5.74, 6) is 0.262. The van der Waals surface area contributed by atoms with Gasteiger partial charge in [-0.2, -0.15) is 5.26 Å². The molecule has 4 aromatic rings. The molecule has 8 nitrogen and oxygen atoms in total. The summed E-state index contributed by atoms with van der Waals surface area (Å²) in [6, 6.07) is 13.8. The summed E-state index contributed by atoms with van der Waals surface area (Å²) < 4.78 is 40.0. The normalized spacial score (nSPS) is 14.7. The molecule has 1 aliphatic heterocycles. The molecule has 5 rings (SSSR count). The smallest absolute Gasteiger partial charge is 0.269 e. The lowest BCUT2D eigenvalue weighted by Crippen LogP contribution is -2.26. The first-order valence-corrected chi connectivity index (χ1v) is 12.8. The van der Waals surface area contributed by atoms with Crippen LogP contribution in [0.25, 0.3) is 22.2 Å². The largest absolute Gasteiger partial charge is 0.473 e. The summed E-state index contributed by atoms with van der Waals surface area (Å²) in [4.78, 5) is 8.93. The number of nitrogens with zero attached hydrogens (tertiary/aromatic N) is 4. The van der Waals surface area contributed by atoms with E-state index in [1.54, 1.807) is 42.7 Å². The highest BCUT2D eigenvalue weighted by molar-refractivity contribution is 9.10. The molecule has 1 aromatic carbocycles. The van der Waals surface area contributed by atoms with Crippen LogP contribution in [0.1, 0.15) is 18.4 Å². The fourth-order valence-electron chi connectivity index (χ4n) is 3.90. The second kappa shape index (κ2) is 9.18. The van der Waals surface area contributed by atoms with E-state index in [-0.39, 0.29) is 28.1 Å². The van der Waals surface area contributed by atoms with Crippen molar-refractivity contribution in [3.63, 3.8) is 0 Å². The lowest BCUT2D eigenvalue weighted by atomic mass is 10.1. The number of ether oxygens (including phenoxy) is 2. The van der Waals surface area contributed by atoms with E-state index in [0.717, 1.165) is 16.8 Å². The topological polar surface area (TPSA) is 107 Å². The molecule has 0 atom stereocenters. The molecule has 0 radical (unpaired) electrons. The number of hydrogen-bond acceptors (Lipinski definition) is 7. The molecule has 1 aliphatic rings. The van der Waals surface area contributed by atoms with Crippen molar-refractivity contribution in [1.82, 2.24) is 13.9 Å². The lowest BCUT2D eigenvalue weighted by Gasteiger charge is -2.23. The zero-order chi connectivity index (χ0) is 23.7. The molecule has 0 N–H and O–H groups in total. The SMILES string of the molecule is N#Cc1cc(-c2cn(S(=O)(=O)c3ccccc3)c3ncc(Br)cc23)cnc1OC1CCOCC1. The van der Waals surface area contributed by atoms with Crippen LogP contribution in [0.15, 0.2) is 70.4 Å². The fourth-order valence-corrected chi connectivity index (χ4v) is 5.58. The van der Waals surface area contributed by atoms with Crippen LogP contribution in [0.4, 0.5) is 0 Å². The molecule has 0 saturated carbocycles. The molecule has 1 saturated heterocycles. The Morgan fingerprint density at radius 2 is 1.88 bits per heavy atom. The first-order chi connectivity index (χ1) is 16.5. The molecule has 3 aromatic heterocycles. The summed E-state index contributed by atoms with van der Waals surface area (Å²) in [5, 5.41) is 10.4. The predicted octanol–water partition coefficient (Wildman–Crippen LogP) is 4.53. The Bertz CT molecular complexity index is 1510. The van der Waals surface area contributed by atoms with Crippen molar-refractivity contribution in [3.8, 4) is 23.1 Å². The Morgan fingerprint density at radius 1 is 1.12 bits per heavy atom. The number of benzene rings is 1. The molecule has 1 fully saturated rings. The van der Waals surface area contributed by atoms with Crippen LogP contribution in [-0.2, 0) is 14.8 Å². The number of halogens is 1. The predicted molar refractivity (Wildman–Crippen MR) is 129 cm³/mol. The van der Waals surface area contributed by atoms with Gasteiger partial charge < -0.3 is 9.47 Å². The Morgan fingerprint density at radius 3 is 2.62 bits per heavy atom. The molecular formula is C24H19BrN4O4S. The third-order valence-electron chi connectivity index (χ3n) is 5.61. The van der Waals surface area contributed by atoms with E-state index < -0.39 is 10.0 Å². The zero-order valence-electron chi connectivity index (χ0n) is 17.9. The first-order valence-electron chi connectivity index (χ1n) is 10.6. The molecule has 0 amide bonds. The number of pyridine rings is 2. The van der Waals surface area contributed by atoms with E-state index in [0.29, 0.717) is 34.2 Å². The van der Waals surface area contributed by atoms with Gasteiger partial charge in [-0.25, -0.2) is 22.4 Å². The van der Waals surface area contributed by atoms with Gasteiger partial charge in [0.2, 0.25) is 5.88 Å². The third kappa shape index (κ3) is 4.18. The molecular weight excluding hydrogens is 520 g/mol. The van der Waals surface area contributed by atoms with E-state index in [9.17, 15) is 13.7 Å². The van der Waals surface area contributed by atoms with E-state index in [2.05, 4.69) is 32.0 Å². The Balaban J connectivity index is 1.62. The molecule has 4 heterocycles. The average Bonchev–Trinajstić information content (AvgIpc) is 3.25. The molecule has 172 valence electrons. The van der Waals surface area contributed by atoms with Gasteiger partial charge in [0.1, 0.15) is 17.7 Å². The van der Waals surface area contributed by atoms with E-state index >= 15 is 0 Å². The molecule has 0 aliphatic carbocycles. The maximum Gasteiger partial charge on any atom is 0.269 e. The van der Waals surface area contributed by atoms with Gasteiger partial charge in [-0.15, -0.1) is 0 Å². The minimum absolute atomic E-state index is 0.0581. The maximum atomic E-state index is 13.4. The summed E-state index contributed by atoms with van der Waals surface area (Å²) in [5.41, 5.74) is 1.73. The van der Waals surface area contributed by atoms with Crippen molar-refractivity contribution < 1.29 is 17.9 Å². The van der Waals surface area contributed by atoms with Crippen molar-refractivity contribution in [1.29, 1.82) is 5.26 Å². The maximum absolute atomic E-state index is 13.4. The quantitative estimate of drug-likeness (QED) is 0.367. The lowest BCUT2D eigenvalue weighted by molar-refractivity contribution is 0.0236. The van der Waals surface area contributed by atoms with E-state index in [1.165, 1.54) is 18.3 Å². The van der Waals surface area contributed by atoms with Gasteiger partial charge in [0.25, 0.3) is 10.0 Å². The van der Waals surface area contributed by atoms with Gasteiger partial charge in [-0.05, 0) is 40.2 Å². The van der Waals surface area contributed by atoms with Crippen molar-refractivity contribution in [2.24, 2.45) is 0 Å². The molecule has 0 unspecified atom stereocenters. The van der Waals surface area contributed by atoms with Crippen LogP contribution in [-0.4, -0.2) is 41.7 Å². The van der Waals surface area contributed by atoms with Gasteiger partial charge in [0, 0.05) is 52.4 Å². The summed E-state index contributed by atoms with van der Waals surface area (Å²) in [7, 11) is -3.89. The minimum Gasteiger partial charge on any atom is -0.473 e. The van der Waals surface area contributed by atoms with Gasteiger partial charge in [-0.1, -0.05) is 18.2 Å². The molecule has 0 bridgehead atoms. The van der Waals surface area contributed by atoms with Gasteiger partial charge >= 0.3 is 0 Å². The van der Waals surface area contributed by atoms with Crippen LogP contribution in [0, 0.1) is 11.3 Å². The van der Waals surface area contributed by atoms with Crippen LogP contribution in [0.3, 0.4) is 0 Å². The van der Waals surface area contributed by atoms with E-state index in [1.807, 2.05) is 0 Å². The summed E-state index contributed by atoms with van der Waals surface area (Å²) in [6.07, 6.45) is 6.07. The average molecular weight is 539 g/mol. The second-order valence-corrected chi connectivity index (χ2v) is 10.5. The van der Waals surface area contributed by atoms with Crippen molar-refractivity contribution in [2.75, 3.05) is 13.2 Å². The fraction of sp³-hybridized carbons (Fsp3) is 0.208. The zero-order valence-corrected chi connectivity index (χ0v) is 20.3. The minimum atomic E-state index is -3.89. The molecule has 34 heavy (non-hydrogen) atoms. The van der Waals surface area contributed by atoms with Crippen LogP contribution in [0.5, 0.6) is 5.88 Å². The van der Waals surface area contributed by atoms with Crippen LogP contribution in [0.2, 0.25) is 0 Å². The number of nitriles is 1. The van der Waals surface area contributed by atoms with Crippen molar-refractivity contribution in [3.05, 3.63) is 71.1 Å². The highest BCUT2D eigenvalue weighted by Gasteiger charge is 2.24. The Kier molecular flexibility index (Phi) is 6.08. The summed E-state index contributed by atoms with van der Waals surface area (Å²) in [6.45, 7) is 1.23. The summed E-state index contributed by atoms with van der Waals surface area (Å²) >= 11 is 3.42. The van der Waals surface area contributed by atoms with Crippen molar-refractivity contribution in [2.45, 2.75) is 23.8 Å². The van der Waals surface area contributed by atoms with Gasteiger partial charge in [0.15, 0.2) is 5.65 Å². The van der Waals surface area contributed by atoms with Gasteiger partial charge in [0.05, 0.1) is 18.1 Å². The second-order valence-electron chi connectivity index (χ2n) is 7.80. The number of rotatable bonds is 5. The molecule has 10 heteroatoms.